The molecule has 27 heavy (non-hydrogen) atoms. The summed E-state index contributed by atoms with van der Waals surface area (Å²) in [5.41, 5.74) is 2.41. The van der Waals surface area contributed by atoms with Crippen LogP contribution in [0.15, 0.2) is 41.8 Å². The lowest BCUT2D eigenvalue weighted by molar-refractivity contribution is 0.102. The summed E-state index contributed by atoms with van der Waals surface area (Å²) in [5.74, 6) is -0.517. The number of rotatable bonds is 3. The van der Waals surface area contributed by atoms with Crippen LogP contribution in [-0.4, -0.2) is 44.7 Å². The lowest BCUT2D eigenvalue weighted by atomic mass is 10.2. The number of aromatic nitrogens is 5. The fourth-order valence-corrected chi connectivity index (χ4v) is 3.78. The standard InChI is InChI=1S/C17H16N6O3S/c1-10-12-8-11(9-18-15(12)22(2)21-10)19-16(24)14-13-6-4-5-7-23(13)17(20-14)27(3,25)26/h4-9H,1-3H3,(H,19,24). The summed E-state index contributed by atoms with van der Waals surface area (Å²) in [6.45, 7) is 1.86. The van der Waals surface area contributed by atoms with Gasteiger partial charge in [-0.25, -0.2) is 18.4 Å². The minimum Gasteiger partial charge on any atom is -0.319 e. The van der Waals surface area contributed by atoms with Crippen molar-refractivity contribution in [2.24, 2.45) is 7.05 Å². The number of imidazole rings is 1. The highest BCUT2D eigenvalue weighted by Gasteiger charge is 2.23. The first-order valence-electron chi connectivity index (χ1n) is 8.03. The van der Waals surface area contributed by atoms with Gasteiger partial charge in [0.05, 0.1) is 23.1 Å². The molecule has 4 heterocycles. The van der Waals surface area contributed by atoms with Crippen molar-refractivity contribution in [2.45, 2.75) is 12.1 Å². The molecule has 4 rings (SSSR count). The highest BCUT2D eigenvalue weighted by molar-refractivity contribution is 7.90. The Morgan fingerprint density at radius 2 is 2.04 bits per heavy atom. The van der Waals surface area contributed by atoms with E-state index in [1.165, 1.54) is 10.6 Å². The van der Waals surface area contributed by atoms with E-state index in [0.717, 1.165) is 17.3 Å². The molecule has 0 aliphatic heterocycles. The second-order valence-corrected chi connectivity index (χ2v) is 8.14. The molecule has 4 aromatic heterocycles. The van der Waals surface area contributed by atoms with Crippen molar-refractivity contribution in [3.05, 3.63) is 48.0 Å². The van der Waals surface area contributed by atoms with Gasteiger partial charge in [-0.1, -0.05) is 6.07 Å². The third kappa shape index (κ3) is 2.83. The molecule has 0 bridgehead atoms. The average molecular weight is 384 g/mol. The van der Waals surface area contributed by atoms with E-state index >= 15 is 0 Å². The number of hydrogen-bond acceptors (Lipinski definition) is 6. The summed E-state index contributed by atoms with van der Waals surface area (Å²) in [7, 11) is -1.80. The molecule has 0 fully saturated rings. The van der Waals surface area contributed by atoms with Gasteiger partial charge in [0.2, 0.25) is 15.0 Å². The first-order chi connectivity index (χ1) is 12.8. The topological polar surface area (TPSA) is 111 Å². The Morgan fingerprint density at radius 1 is 1.26 bits per heavy atom. The van der Waals surface area contributed by atoms with Crippen molar-refractivity contribution in [3.63, 3.8) is 0 Å². The number of carbonyl (C=O) groups is 1. The minimum atomic E-state index is -3.60. The Morgan fingerprint density at radius 3 is 2.78 bits per heavy atom. The minimum absolute atomic E-state index is 0.0269. The van der Waals surface area contributed by atoms with Crippen LogP contribution in [-0.2, 0) is 16.9 Å². The highest BCUT2D eigenvalue weighted by Crippen LogP contribution is 2.21. The average Bonchev–Trinajstić information content (AvgIpc) is 3.13. The van der Waals surface area contributed by atoms with Gasteiger partial charge in [0.1, 0.15) is 0 Å². The van der Waals surface area contributed by atoms with Crippen LogP contribution >= 0.6 is 0 Å². The third-order valence-electron chi connectivity index (χ3n) is 4.18. The zero-order valence-corrected chi connectivity index (χ0v) is 15.6. The Balaban J connectivity index is 1.77. The number of sulfone groups is 1. The summed E-state index contributed by atoms with van der Waals surface area (Å²) in [6.07, 6.45) is 4.14. The van der Waals surface area contributed by atoms with Crippen LogP contribution in [0.5, 0.6) is 0 Å². The van der Waals surface area contributed by atoms with Crippen molar-refractivity contribution in [1.82, 2.24) is 24.1 Å². The van der Waals surface area contributed by atoms with Crippen LogP contribution in [0.1, 0.15) is 16.2 Å². The molecule has 4 aromatic rings. The van der Waals surface area contributed by atoms with Crippen LogP contribution in [0.25, 0.3) is 16.6 Å². The predicted molar refractivity (Wildman–Crippen MR) is 99.5 cm³/mol. The van der Waals surface area contributed by atoms with Crippen LogP contribution in [0.2, 0.25) is 0 Å². The predicted octanol–water partition coefficient (Wildman–Crippen LogP) is 1.58. The fourth-order valence-electron chi connectivity index (χ4n) is 3.00. The van der Waals surface area contributed by atoms with Crippen LogP contribution in [0, 0.1) is 6.92 Å². The summed E-state index contributed by atoms with van der Waals surface area (Å²) >= 11 is 0. The van der Waals surface area contributed by atoms with E-state index in [1.54, 1.807) is 42.2 Å². The second kappa shape index (κ2) is 5.88. The van der Waals surface area contributed by atoms with Crippen molar-refractivity contribution in [2.75, 3.05) is 11.6 Å². The van der Waals surface area contributed by atoms with Gasteiger partial charge >= 0.3 is 0 Å². The number of anilines is 1. The second-order valence-electron chi connectivity index (χ2n) is 6.23. The molecule has 1 N–H and O–H groups in total. The maximum atomic E-state index is 12.8. The Kier molecular flexibility index (Phi) is 3.74. The first-order valence-corrected chi connectivity index (χ1v) is 9.92. The van der Waals surface area contributed by atoms with Crippen LogP contribution in [0.3, 0.4) is 0 Å². The van der Waals surface area contributed by atoms with Crippen LogP contribution in [0.4, 0.5) is 5.69 Å². The number of amides is 1. The van der Waals surface area contributed by atoms with Gasteiger partial charge < -0.3 is 5.32 Å². The van der Waals surface area contributed by atoms with E-state index in [9.17, 15) is 13.2 Å². The summed E-state index contributed by atoms with van der Waals surface area (Å²) in [5, 5.41) is 7.67. The molecule has 0 unspecified atom stereocenters. The van der Waals surface area contributed by atoms with Gasteiger partial charge in [-0.15, -0.1) is 0 Å². The third-order valence-corrected chi connectivity index (χ3v) is 5.13. The van der Waals surface area contributed by atoms with Gasteiger partial charge in [-0.2, -0.15) is 5.10 Å². The molecular formula is C17H16N6O3S. The Hall–Kier alpha value is -3.27. The number of aryl methyl sites for hydroxylation is 2. The summed E-state index contributed by atoms with van der Waals surface area (Å²) in [4.78, 5) is 21.2. The molecule has 0 saturated carbocycles. The lowest BCUT2D eigenvalue weighted by Crippen LogP contribution is -2.13. The quantitative estimate of drug-likeness (QED) is 0.574. The number of fused-ring (bicyclic) bond motifs is 2. The smallest absolute Gasteiger partial charge is 0.276 e. The molecule has 138 valence electrons. The molecule has 1 amide bonds. The number of nitrogens with zero attached hydrogens (tertiary/aromatic N) is 5. The van der Waals surface area contributed by atoms with Crippen molar-refractivity contribution < 1.29 is 13.2 Å². The Bertz CT molecular complexity index is 1320. The van der Waals surface area contributed by atoms with Gasteiger partial charge in [0.15, 0.2) is 11.3 Å². The van der Waals surface area contributed by atoms with Crippen molar-refractivity contribution >= 4 is 38.0 Å². The van der Waals surface area contributed by atoms with Gasteiger partial charge in [-0.3, -0.25) is 13.9 Å². The largest absolute Gasteiger partial charge is 0.319 e. The van der Waals surface area contributed by atoms with E-state index in [1.807, 2.05) is 6.92 Å². The van der Waals surface area contributed by atoms with E-state index < -0.39 is 15.7 Å². The van der Waals surface area contributed by atoms with Gasteiger partial charge in [0.25, 0.3) is 5.91 Å². The molecule has 0 saturated heterocycles. The van der Waals surface area contributed by atoms with Gasteiger partial charge in [0, 0.05) is 24.9 Å². The number of carbonyl (C=O) groups excluding carboxylic acids is 1. The molecule has 0 aromatic carbocycles. The zero-order chi connectivity index (χ0) is 19.3. The SMILES string of the molecule is Cc1nn(C)c2ncc(NC(=O)c3nc(S(C)(=O)=O)n4ccccc34)cc12. The summed E-state index contributed by atoms with van der Waals surface area (Å²) in [6, 6.07) is 6.81. The molecule has 10 heteroatoms. The van der Waals surface area contributed by atoms with Crippen molar-refractivity contribution in [3.8, 4) is 0 Å². The number of pyridine rings is 2. The maximum absolute atomic E-state index is 12.8. The fraction of sp³-hybridized carbons (Fsp3) is 0.176. The zero-order valence-electron chi connectivity index (χ0n) is 14.8. The molecule has 0 atom stereocenters. The molecule has 0 spiro atoms. The summed E-state index contributed by atoms with van der Waals surface area (Å²) < 4.78 is 27.0. The van der Waals surface area contributed by atoms with Crippen molar-refractivity contribution in [1.29, 1.82) is 0 Å². The van der Waals surface area contributed by atoms with E-state index in [4.69, 9.17) is 0 Å². The van der Waals surface area contributed by atoms with E-state index in [0.29, 0.717) is 16.9 Å². The first kappa shape index (κ1) is 17.2. The molecule has 0 radical (unpaired) electrons. The number of hydrogen-bond donors (Lipinski definition) is 1. The lowest BCUT2D eigenvalue weighted by Gasteiger charge is -2.04. The molecule has 0 aliphatic carbocycles. The normalized spacial score (nSPS) is 12.0. The van der Waals surface area contributed by atoms with E-state index in [2.05, 4.69) is 20.4 Å². The monoisotopic (exact) mass is 384 g/mol. The Labute approximate surface area is 154 Å². The molecule has 9 nitrogen and oxygen atoms in total. The molecular weight excluding hydrogens is 368 g/mol. The number of nitrogens with one attached hydrogen (secondary N) is 1. The molecule has 0 aliphatic rings. The highest BCUT2D eigenvalue weighted by atomic mass is 32.2. The van der Waals surface area contributed by atoms with Gasteiger partial charge in [-0.05, 0) is 25.1 Å². The maximum Gasteiger partial charge on any atom is 0.276 e. The van der Waals surface area contributed by atoms with Crippen LogP contribution < -0.4 is 5.32 Å². The van der Waals surface area contributed by atoms with E-state index in [-0.39, 0.29) is 10.9 Å².